The Bertz CT molecular complexity index is 434. The van der Waals surface area contributed by atoms with Crippen LogP contribution < -0.4 is 9.47 Å². The number of ether oxygens (including phenoxy) is 2. The maximum absolute atomic E-state index is 8.98. The molecule has 0 fully saturated rings. The number of nitrogens with zero attached hydrogens (tertiary/aromatic N) is 1. The van der Waals surface area contributed by atoms with Crippen LogP contribution in [0.5, 0.6) is 11.5 Å². The van der Waals surface area contributed by atoms with E-state index < -0.39 is 0 Å². The van der Waals surface area contributed by atoms with Crippen LogP contribution in [0.3, 0.4) is 0 Å². The first-order valence-electron chi connectivity index (χ1n) is 5.42. The minimum atomic E-state index is 0.105. The second kappa shape index (κ2) is 4.44. The highest BCUT2D eigenvalue weighted by Gasteiger charge is 2.23. The standard InChI is InChI=1S/C13H15NO2/c1-15-12-6-5-10-4-3-9(8-14)7-11(10)13(12)16-2/h5-6,9H,3-4,7H2,1-2H3. The van der Waals surface area contributed by atoms with Gasteiger partial charge in [0.05, 0.1) is 26.2 Å². The molecule has 1 aliphatic carbocycles. The van der Waals surface area contributed by atoms with Gasteiger partial charge >= 0.3 is 0 Å². The van der Waals surface area contributed by atoms with Crippen molar-refractivity contribution in [1.29, 1.82) is 5.26 Å². The Hall–Kier alpha value is -1.69. The van der Waals surface area contributed by atoms with Crippen LogP contribution >= 0.6 is 0 Å². The molecule has 0 aromatic heterocycles. The molecule has 0 N–H and O–H groups in total. The molecule has 1 aromatic rings. The molecule has 0 saturated heterocycles. The van der Waals surface area contributed by atoms with Crippen LogP contribution in [0.2, 0.25) is 0 Å². The van der Waals surface area contributed by atoms with Crippen molar-refractivity contribution in [2.75, 3.05) is 14.2 Å². The molecule has 1 aromatic carbocycles. The van der Waals surface area contributed by atoms with Gasteiger partial charge in [0.15, 0.2) is 11.5 Å². The van der Waals surface area contributed by atoms with Gasteiger partial charge in [0.1, 0.15) is 0 Å². The highest BCUT2D eigenvalue weighted by Crippen LogP contribution is 2.38. The van der Waals surface area contributed by atoms with E-state index in [0.717, 1.165) is 36.3 Å². The number of rotatable bonds is 2. The van der Waals surface area contributed by atoms with E-state index >= 15 is 0 Å². The van der Waals surface area contributed by atoms with Gasteiger partial charge in [0, 0.05) is 5.56 Å². The molecule has 1 atom stereocenters. The molecule has 1 unspecified atom stereocenters. The van der Waals surface area contributed by atoms with Crippen LogP contribution in [0.1, 0.15) is 17.5 Å². The zero-order valence-corrected chi connectivity index (χ0v) is 9.62. The van der Waals surface area contributed by atoms with Gasteiger partial charge in [-0.15, -0.1) is 0 Å². The van der Waals surface area contributed by atoms with E-state index in [4.69, 9.17) is 14.7 Å². The van der Waals surface area contributed by atoms with E-state index in [1.54, 1.807) is 14.2 Å². The average molecular weight is 217 g/mol. The molecule has 0 spiro atoms. The van der Waals surface area contributed by atoms with Crippen molar-refractivity contribution in [2.24, 2.45) is 5.92 Å². The van der Waals surface area contributed by atoms with Crippen LogP contribution in [0.4, 0.5) is 0 Å². The number of benzene rings is 1. The summed E-state index contributed by atoms with van der Waals surface area (Å²) in [6.45, 7) is 0. The van der Waals surface area contributed by atoms with E-state index in [2.05, 4.69) is 12.1 Å². The maximum Gasteiger partial charge on any atom is 0.164 e. The second-order valence-electron chi connectivity index (χ2n) is 4.01. The topological polar surface area (TPSA) is 42.2 Å². The zero-order valence-electron chi connectivity index (χ0n) is 9.62. The minimum absolute atomic E-state index is 0.105. The first-order chi connectivity index (χ1) is 7.80. The lowest BCUT2D eigenvalue weighted by Gasteiger charge is -2.23. The van der Waals surface area contributed by atoms with Gasteiger partial charge in [-0.1, -0.05) is 6.07 Å². The Morgan fingerprint density at radius 1 is 1.31 bits per heavy atom. The summed E-state index contributed by atoms with van der Waals surface area (Å²) in [4.78, 5) is 0. The Labute approximate surface area is 95.6 Å². The summed E-state index contributed by atoms with van der Waals surface area (Å²) in [6.07, 6.45) is 2.67. The third kappa shape index (κ3) is 1.71. The molecule has 0 radical (unpaired) electrons. The van der Waals surface area contributed by atoms with Crippen molar-refractivity contribution < 1.29 is 9.47 Å². The molecular formula is C13H15NO2. The van der Waals surface area contributed by atoms with Crippen LogP contribution in [-0.2, 0) is 12.8 Å². The van der Waals surface area contributed by atoms with Gasteiger partial charge in [0.2, 0.25) is 0 Å². The van der Waals surface area contributed by atoms with Crippen LogP contribution in [0.15, 0.2) is 12.1 Å². The first-order valence-corrected chi connectivity index (χ1v) is 5.42. The largest absolute Gasteiger partial charge is 0.493 e. The van der Waals surface area contributed by atoms with Gasteiger partial charge in [-0.3, -0.25) is 0 Å². The molecule has 0 amide bonds. The van der Waals surface area contributed by atoms with E-state index in [9.17, 15) is 0 Å². The van der Waals surface area contributed by atoms with Gasteiger partial charge in [-0.25, -0.2) is 0 Å². The molecule has 0 saturated carbocycles. The van der Waals surface area contributed by atoms with Gasteiger partial charge < -0.3 is 9.47 Å². The monoisotopic (exact) mass is 217 g/mol. The van der Waals surface area contributed by atoms with Crippen molar-refractivity contribution >= 4 is 0 Å². The fraction of sp³-hybridized carbons (Fsp3) is 0.462. The number of nitriles is 1. The molecule has 1 aliphatic rings. The summed E-state index contributed by atoms with van der Waals surface area (Å²) in [5, 5.41) is 8.98. The lowest BCUT2D eigenvalue weighted by atomic mass is 9.84. The number of fused-ring (bicyclic) bond motifs is 1. The molecule has 84 valence electrons. The minimum Gasteiger partial charge on any atom is -0.493 e. The lowest BCUT2D eigenvalue weighted by Crippen LogP contribution is -2.14. The van der Waals surface area contributed by atoms with E-state index in [1.807, 2.05) is 6.07 Å². The van der Waals surface area contributed by atoms with E-state index in [0.29, 0.717) is 0 Å². The molecule has 3 heteroatoms. The summed E-state index contributed by atoms with van der Waals surface area (Å²) in [6, 6.07) is 6.35. The summed E-state index contributed by atoms with van der Waals surface area (Å²) < 4.78 is 10.7. The molecule has 0 bridgehead atoms. The predicted molar refractivity (Wildman–Crippen MR) is 60.7 cm³/mol. The third-order valence-corrected chi connectivity index (χ3v) is 3.14. The normalized spacial score (nSPS) is 18.4. The van der Waals surface area contributed by atoms with Crippen LogP contribution in [-0.4, -0.2) is 14.2 Å². The summed E-state index contributed by atoms with van der Waals surface area (Å²) in [7, 11) is 3.28. The molecule has 3 nitrogen and oxygen atoms in total. The highest BCUT2D eigenvalue weighted by molar-refractivity contribution is 5.52. The van der Waals surface area contributed by atoms with Crippen LogP contribution in [0, 0.1) is 17.2 Å². The Morgan fingerprint density at radius 2 is 2.12 bits per heavy atom. The molecule has 0 aliphatic heterocycles. The Kier molecular flexibility index (Phi) is 3.00. The van der Waals surface area contributed by atoms with Crippen molar-refractivity contribution in [2.45, 2.75) is 19.3 Å². The van der Waals surface area contributed by atoms with Crippen molar-refractivity contribution in [3.63, 3.8) is 0 Å². The van der Waals surface area contributed by atoms with Gasteiger partial charge in [0.25, 0.3) is 0 Å². The van der Waals surface area contributed by atoms with E-state index in [-0.39, 0.29) is 5.92 Å². The number of hydrogen-bond donors (Lipinski definition) is 0. The Morgan fingerprint density at radius 3 is 2.75 bits per heavy atom. The van der Waals surface area contributed by atoms with Crippen molar-refractivity contribution in [3.8, 4) is 17.6 Å². The second-order valence-corrected chi connectivity index (χ2v) is 4.01. The molecule has 0 heterocycles. The van der Waals surface area contributed by atoms with Crippen LogP contribution in [0.25, 0.3) is 0 Å². The SMILES string of the molecule is COc1ccc2c(c1OC)CC(C#N)CC2. The molecule has 2 rings (SSSR count). The third-order valence-electron chi connectivity index (χ3n) is 3.14. The number of aryl methyl sites for hydroxylation is 1. The van der Waals surface area contributed by atoms with E-state index in [1.165, 1.54) is 5.56 Å². The summed E-state index contributed by atoms with van der Waals surface area (Å²) >= 11 is 0. The van der Waals surface area contributed by atoms with Crippen molar-refractivity contribution in [3.05, 3.63) is 23.3 Å². The zero-order chi connectivity index (χ0) is 11.5. The fourth-order valence-electron chi connectivity index (χ4n) is 2.28. The average Bonchev–Trinajstić information content (AvgIpc) is 2.36. The fourth-order valence-corrected chi connectivity index (χ4v) is 2.28. The first kappa shape index (κ1) is 10.8. The predicted octanol–water partition coefficient (Wildman–Crippen LogP) is 2.33. The molecule has 16 heavy (non-hydrogen) atoms. The Balaban J connectivity index is 2.46. The number of hydrogen-bond acceptors (Lipinski definition) is 3. The highest BCUT2D eigenvalue weighted by atomic mass is 16.5. The quantitative estimate of drug-likeness (QED) is 0.763. The lowest BCUT2D eigenvalue weighted by molar-refractivity contribution is 0.347. The van der Waals surface area contributed by atoms with Gasteiger partial charge in [-0.2, -0.15) is 5.26 Å². The van der Waals surface area contributed by atoms with Gasteiger partial charge in [-0.05, 0) is 30.9 Å². The molecular weight excluding hydrogens is 202 g/mol. The number of methoxy groups -OCH3 is 2. The maximum atomic E-state index is 8.98. The van der Waals surface area contributed by atoms with Crippen molar-refractivity contribution in [1.82, 2.24) is 0 Å². The summed E-state index contributed by atoms with van der Waals surface area (Å²) in [5.41, 5.74) is 2.42. The smallest absolute Gasteiger partial charge is 0.164 e. The summed E-state index contributed by atoms with van der Waals surface area (Å²) in [5.74, 6) is 1.65.